The Hall–Kier alpha value is -2.61. The Morgan fingerprint density at radius 1 is 1.14 bits per heavy atom. The van der Waals surface area contributed by atoms with E-state index in [9.17, 15) is 22.4 Å². The highest BCUT2D eigenvalue weighted by Gasteiger charge is 2.33. The van der Waals surface area contributed by atoms with Crippen LogP contribution in [0.2, 0.25) is 0 Å². The van der Waals surface area contributed by atoms with Gasteiger partial charge >= 0.3 is 6.18 Å². The summed E-state index contributed by atoms with van der Waals surface area (Å²) in [5.74, 6) is -0.917. The first-order valence-electron chi connectivity index (χ1n) is 8.67. The van der Waals surface area contributed by atoms with E-state index in [1.807, 2.05) is 0 Å². The Kier molecular flexibility index (Phi) is 7.01. The molecule has 8 heteroatoms. The van der Waals surface area contributed by atoms with Crippen LogP contribution in [-0.2, 0) is 11.0 Å². The summed E-state index contributed by atoms with van der Waals surface area (Å²) < 4.78 is 57.7. The number of nitrogens with one attached hydrogen (secondary N) is 2. The summed E-state index contributed by atoms with van der Waals surface area (Å²) in [6, 6.07) is 8.73. The maximum absolute atomic E-state index is 13.8. The van der Waals surface area contributed by atoms with Crippen molar-refractivity contribution in [1.29, 1.82) is 0 Å². The van der Waals surface area contributed by atoms with Gasteiger partial charge in [-0.1, -0.05) is 18.2 Å². The van der Waals surface area contributed by atoms with Crippen molar-refractivity contribution >= 4 is 11.6 Å². The first-order valence-corrected chi connectivity index (χ1v) is 8.67. The molecule has 0 aliphatic heterocycles. The molecule has 0 heterocycles. The molecule has 28 heavy (non-hydrogen) atoms. The van der Waals surface area contributed by atoms with Crippen LogP contribution < -0.4 is 15.4 Å². The van der Waals surface area contributed by atoms with E-state index in [2.05, 4.69) is 10.6 Å². The lowest BCUT2D eigenvalue weighted by atomic mass is 10.1. The van der Waals surface area contributed by atoms with E-state index >= 15 is 0 Å². The van der Waals surface area contributed by atoms with Crippen molar-refractivity contribution in [3.05, 3.63) is 59.4 Å². The number of hydrogen-bond acceptors (Lipinski definition) is 3. The van der Waals surface area contributed by atoms with Crippen LogP contribution in [0.5, 0.6) is 5.75 Å². The van der Waals surface area contributed by atoms with Crippen LogP contribution >= 0.6 is 0 Å². The Balaban J connectivity index is 1.97. The molecule has 2 aromatic rings. The molecule has 2 aromatic carbocycles. The summed E-state index contributed by atoms with van der Waals surface area (Å²) in [5.41, 5.74) is -0.517. The molecular formula is C20H22F4N2O2. The molecule has 0 spiro atoms. The number of halogens is 4. The fraction of sp³-hybridized carbons (Fsp3) is 0.350. The highest BCUT2D eigenvalue weighted by atomic mass is 19.4. The number of para-hydroxylation sites is 1. The second-order valence-electron chi connectivity index (χ2n) is 6.48. The molecule has 0 aliphatic rings. The van der Waals surface area contributed by atoms with Gasteiger partial charge in [0.05, 0.1) is 18.4 Å². The van der Waals surface area contributed by atoms with Crippen LogP contribution in [-0.4, -0.2) is 19.1 Å². The van der Waals surface area contributed by atoms with E-state index in [0.29, 0.717) is 5.56 Å². The van der Waals surface area contributed by atoms with Crippen LogP contribution in [0, 0.1) is 5.82 Å². The molecule has 1 amide bonds. The summed E-state index contributed by atoms with van der Waals surface area (Å²) in [6.45, 7) is 3.53. The zero-order chi connectivity index (χ0) is 20.9. The third-order valence-electron chi connectivity index (χ3n) is 4.21. The monoisotopic (exact) mass is 398 g/mol. The van der Waals surface area contributed by atoms with E-state index in [-0.39, 0.29) is 29.9 Å². The number of carbonyl (C=O) groups is 1. The Labute approximate surface area is 160 Å². The number of hydrogen-bond donors (Lipinski definition) is 2. The first kappa shape index (κ1) is 21.7. The molecule has 2 atom stereocenters. The summed E-state index contributed by atoms with van der Waals surface area (Å²) in [7, 11) is 1.37. The molecule has 0 bridgehead atoms. The lowest BCUT2D eigenvalue weighted by molar-refractivity contribution is -0.137. The number of benzene rings is 2. The van der Waals surface area contributed by atoms with E-state index in [1.165, 1.54) is 37.4 Å². The Bertz CT molecular complexity index is 824. The number of rotatable bonds is 7. The summed E-state index contributed by atoms with van der Waals surface area (Å²) in [4.78, 5) is 12.2. The summed E-state index contributed by atoms with van der Waals surface area (Å²) in [5, 5.41) is 5.44. The number of carbonyl (C=O) groups excluding carboxylic acids is 1. The Morgan fingerprint density at radius 3 is 2.43 bits per heavy atom. The normalized spacial score (nSPS) is 13.7. The van der Waals surface area contributed by atoms with Crippen molar-refractivity contribution in [3.8, 4) is 5.75 Å². The van der Waals surface area contributed by atoms with Crippen molar-refractivity contribution < 1.29 is 27.1 Å². The van der Waals surface area contributed by atoms with Crippen LogP contribution in [0.15, 0.2) is 42.5 Å². The molecule has 0 saturated heterocycles. The van der Waals surface area contributed by atoms with Gasteiger partial charge in [-0.25, -0.2) is 4.39 Å². The van der Waals surface area contributed by atoms with Gasteiger partial charge in [-0.05, 0) is 43.7 Å². The highest BCUT2D eigenvalue weighted by Crippen LogP contribution is 2.34. The van der Waals surface area contributed by atoms with E-state index in [0.717, 1.165) is 6.07 Å². The minimum absolute atomic E-state index is 0.0465. The van der Waals surface area contributed by atoms with Crippen molar-refractivity contribution in [1.82, 2.24) is 5.32 Å². The molecule has 0 saturated carbocycles. The zero-order valence-electron chi connectivity index (χ0n) is 15.7. The maximum atomic E-state index is 13.8. The van der Waals surface area contributed by atoms with Gasteiger partial charge in [-0.2, -0.15) is 13.2 Å². The summed E-state index contributed by atoms with van der Waals surface area (Å²) >= 11 is 0. The number of methoxy groups -OCH3 is 1. The Morgan fingerprint density at radius 2 is 1.82 bits per heavy atom. The third kappa shape index (κ3) is 5.69. The molecule has 4 nitrogen and oxygen atoms in total. The van der Waals surface area contributed by atoms with E-state index < -0.39 is 23.5 Å². The molecule has 152 valence electrons. The van der Waals surface area contributed by atoms with Crippen LogP contribution in [0.3, 0.4) is 0 Å². The predicted molar refractivity (Wildman–Crippen MR) is 98.7 cm³/mol. The second kappa shape index (κ2) is 9.05. The van der Waals surface area contributed by atoms with Gasteiger partial charge in [0.1, 0.15) is 0 Å². The second-order valence-corrected chi connectivity index (χ2v) is 6.48. The number of ether oxygens (including phenoxy) is 1. The molecule has 2 rings (SSSR count). The molecule has 0 fully saturated rings. The van der Waals surface area contributed by atoms with Crippen molar-refractivity contribution in [2.24, 2.45) is 0 Å². The fourth-order valence-corrected chi connectivity index (χ4v) is 2.85. The minimum atomic E-state index is -4.55. The van der Waals surface area contributed by atoms with Gasteiger partial charge in [-0.15, -0.1) is 0 Å². The lowest BCUT2D eigenvalue weighted by Crippen LogP contribution is -2.33. The average molecular weight is 398 g/mol. The number of anilines is 1. The van der Waals surface area contributed by atoms with Crippen LogP contribution in [0.1, 0.15) is 37.4 Å². The molecule has 2 unspecified atom stereocenters. The quantitative estimate of drug-likeness (QED) is 0.651. The summed E-state index contributed by atoms with van der Waals surface area (Å²) in [6.07, 6.45) is -4.60. The molecule has 0 aromatic heterocycles. The van der Waals surface area contributed by atoms with E-state index in [4.69, 9.17) is 4.74 Å². The number of alkyl halides is 3. The smallest absolute Gasteiger partial charge is 0.418 e. The van der Waals surface area contributed by atoms with Crippen LogP contribution in [0.4, 0.5) is 23.2 Å². The fourth-order valence-electron chi connectivity index (χ4n) is 2.85. The topological polar surface area (TPSA) is 50.4 Å². The van der Waals surface area contributed by atoms with Gasteiger partial charge in [-0.3, -0.25) is 4.79 Å². The lowest BCUT2D eigenvalue weighted by Gasteiger charge is -2.21. The largest absolute Gasteiger partial charge is 0.494 e. The van der Waals surface area contributed by atoms with Gasteiger partial charge in [0, 0.05) is 18.5 Å². The van der Waals surface area contributed by atoms with Crippen molar-refractivity contribution in [2.75, 3.05) is 12.4 Å². The van der Waals surface area contributed by atoms with Crippen LogP contribution in [0.25, 0.3) is 0 Å². The average Bonchev–Trinajstić information content (AvgIpc) is 2.60. The standard InChI is InChI=1S/C20H22F4N2O2/c1-12(25-13(2)14-8-9-18(28-3)16(21)11-14)10-19(27)26-17-7-5-4-6-15(17)20(22,23)24/h4-9,11-13,25H,10H2,1-3H3,(H,26,27). The number of amides is 1. The zero-order valence-corrected chi connectivity index (χ0v) is 15.7. The predicted octanol–water partition coefficient (Wildman–Crippen LogP) is 4.92. The van der Waals surface area contributed by atoms with Gasteiger partial charge in [0.15, 0.2) is 11.6 Å². The van der Waals surface area contributed by atoms with Crippen molar-refractivity contribution in [2.45, 2.75) is 38.5 Å². The maximum Gasteiger partial charge on any atom is 0.418 e. The van der Waals surface area contributed by atoms with Gasteiger partial charge in [0.2, 0.25) is 5.91 Å². The van der Waals surface area contributed by atoms with Gasteiger partial charge in [0.25, 0.3) is 0 Å². The van der Waals surface area contributed by atoms with Crippen molar-refractivity contribution in [3.63, 3.8) is 0 Å². The molecule has 0 radical (unpaired) electrons. The SMILES string of the molecule is COc1ccc(C(C)NC(C)CC(=O)Nc2ccccc2C(F)(F)F)cc1F. The molecule has 2 N–H and O–H groups in total. The molecule has 0 aliphatic carbocycles. The third-order valence-corrected chi connectivity index (χ3v) is 4.21. The molecular weight excluding hydrogens is 376 g/mol. The van der Waals surface area contributed by atoms with E-state index in [1.54, 1.807) is 19.9 Å². The minimum Gasteiger partial charge on any atom is -0.494 e. The van der Waals surface area contributed by atoms with Gasteiger partial charge < -0.3 is 15.4 Å². The first-order chi connectivity index (χ1) is 13.1. The highest BCUT2D eigenvalue weighted by molar-refractivity contribution is 5.92.